The molecular weight excluding hydrogens is 370 g/mol. The number of rotatable bonds is 3. The molecule has 8 heteroatoms. The number of hydrogen-bond donors (Lipinski definition) is 3. The summed E-state index contributed by atoms with van der Waals surface area (Å²) >= 11 is 0. The van der Waals surface area contributed by atoms with Gasteiger partial charge < -0.3 is 9.52 Å². The number of hydrogen-bond acceptors (Lipinski definition) is 5. The lowest BCUT2D eigenvalue weighted by Gasteiger charge is -2.07. The highest BCUT2D eigenvalue weighted by atomic mass is 19.1. The Bertz CT molecular complexity index is 1220. The molecule has 0 aliphatic rings. The molecule has 4 aromatic rings. The molecule has 1 amide bonds. The fourth-order valence-corrected chi connectivity index (χ4v) is 2.85. The molecule has 1 heterocycles. The lowest BCUT2D eigenvalue weighted by molar-refractivity contribution is 0.0706. The molecule has 28 heavy (non-hydrogen) atoms. The third kappa shape index (κ3) is 2.95. The van der Waals surface area contributed by atoms with E-state index in [0.717, 1.165) is 12.1 Å². The molecule has 3 N–H and O–H groups in total. The van der Waals surface area contributed by atoms with Gasteiger partial charge >= 0.3 is 0 Å². The number of fused-ring (bicyclic) bond motifs is 1. The van der Waals surface area contributed by atoms with E-state index in [1.54, 1.807) is 0 Å². The molecular formula is C20H12F2N2O4. The monoisotopic (exact) mass is 382 g/mol. The van der Waals surface area contributed by atoms with Gasteiger partial charge in [-0.05, 0) is 42.0 Å². The lowest BCUT2D eigenvalue weighted by Crippen LogP contribution is -2.18. The second kappa shape index (κ2) is 6.75. The number of carbonyl (C=O) groups is 1. The van der Waals surface area contributed by atoms with Crippen LogP contribution in [0.4, 0.5) is 8.78 Å². The Balaban J connectivity index is 1.75. The molecule has 0 aliphatic heterocycles. The van der Waals surface area contributed by atoms with Gasteiger partial charge in [0.05, 0.1) is 5.56 Å². The average Bonchev–Trinajstić information content (AvgIpc) is 3.12. The van der Waals surface area contributed by atoms with Gasteiger partial charge in [-0.1, -0.05) is 18.2 Å². The third-order valence-corrected chi connectivity index (χ3v) is 4.25. The van der Waals surface area contributed by atoms with Crippen molar-refractivity contribution in [2.24, 2.45) is 0 Å². The number of hydroxylamine groups is 1. The van der Waals surface area contributed by atoms with Gasteiger partial charge in [0.25, 0.3) is 5.91 Å². The Morgan fingerprint density at radius 3 is 2.57 bits per heavy atom. The topological polar surface area (TPSA) is 95.6 Å². The summed E-state index contributed by atoms with van der Waals surface area (Å²) in [6.45, 7) is 0. The number of carbonyl (C=O) groups excluding carboxylic acids is 1. The van der Waals surface area contributed by atoms with Gasteiger partial charge in [-0.15, -0.1) is 0 Å². The van der Waals surface area contributed by atoms with Gasteiger partial charge in [0, 0.05) is 11.1 Å². The first kappa shape index (κ1) is 17.6. The molecule has 0 aliphatic carbocycles. The van der Waals surface area contributed by atoms with Crippen molar-refractivity contribution in [3.05, 3.63) is 71.8 Å². The molecule has 140 valence electrons. The number of oxazole rings is 1. The first-order valence-corrected chi connectivity index (χ1v) is 8.10. The Morgan fingerprint density at radius 1 is 1.00 bits per heavy atom. The number of nitrogens with one attached hydrogen (secondary N) is 1. The van der Waals surface area contributed by atoms with Crippen molar-refractivity contribution in [2.45, 2.75) is 0 Å². The zero-order valence-corrected chi connectivity index (χ0v) is 14.1. The van der Waals surface area contributed by atoms with Crippen LogP contribution in [0.1, 0.15) is 10.4 Å². The molecule has 0 radical (unpaired) electrons. The first-order chi connectivity index (χ1) is 13.5. The summed E-state index contributed by atoms with van der Waals surface area (Å²) in [5.74, 6) is -2.77. The second-order valence-corrected chi connectivity index (χ2v) is 5.97. The summed E-state index contributed by atoms with van der Waals surface area (Å²) in [6, 6.07) is 12.3. The Labute approximate surface area is 156 Å². The van der Waals surface area contributed by atoms with Crippen LogP contribution in [0, 0.1) is 11.6 Å². The standard InChI is InChI=1S/C20H12F2N2O4/c21-14-3-1-2-12(18(14)25)10-4-6-13(15(22)8-10)20-23-16-9-11(19(26)24-27)5-7-17(16)28-20/h1-9,25,27H,(H,24,26). The largest absolute Gasteiger partial charge is 0.504 e. The fourth-order valence-electron chi connectivity index (χ4n) is 2.85. The Hall–Kier alpha value is -3.78. The summed E-state index contributed by atoms with van der Waals surface area (Å²) < 4.78 is 33.7. The zero-order chi connectivity index (χ0) is 19.8. The van der Waals surface area contributed by atoms with Crippen LogP contribution in [0.2, 0.25) is 0 Å². The van der Waals surface area contributed by atoms with E-state index in [1.807, 2.05) is 0 Å². The smallest absolute Gasteiger partial charge is 0.274 e. The van der Waals surface area contributed by atoms with Crippen LogP contribution in [-0.2, 0) is 0 Å². The van der Waals surface area contributed by atoms with Gasteiger partial charge in [-0.25, -0.2) is 19.2 Å². The molecule has 4 rings (SSSR count). The Kier molecular flexibility index (Phi) is 4.25. The number of halogens is 2. The maximum absolute atomic E-state index is 14.7. The van der Waals surface area contributed by atoms with Gasteiger partial charge in [0.2, 0.25) is 5.89 Å². The van der Waals surface area contributed by atoms with Gasteiger partial charge in [0.1, 0.15) is 11.3 Å². The summed E-state index contributed by atoms with van der Waals surface area (Å²) in [6.07, 6.45) is 0. The first-order valence-electron chi connectivity index (χ1n) is 8.10. The number of amides is 1. The van der Waals surface area contributed by atoms with Crippen molar-refractivity contribution in [3.63, 3.8) is 0 Å². The summed E-state index contributed by atoms with van der Waals surface area (Å²) in [5.41, 5.74) is 2.82. The SMILES string of the molecule is O=C(NO)c1ccc2oc(-c3ccc(-c4cccc(F)c4O)cc3F)nc2c1. The maximum Gasteiger partial charge on any atom is 0.274 e. The van der Waals surface area contributed by atoms with Crippen LogP contribution >= 0.6 is 0 Å². The summed E-state index contributed by atoms with van der Waals surface area (Å²) in [7, 11) is 0. The van der Waals surface area contributed by atoms with Crippen molar-refractivity contribution in [2.75, 3.05) is 0 Å². The van der Waals surface area contributed by atoms with E-state index >= 15 is 0 Å². The van der Waals surface area contributed by atoms with Crippen molar-refractivity contribution in [3.8, 4) is 28.3 Å². The quantitative estimate of drug-likeness (QED) is 0.363. The third-order valence-electron chi connectivity index (χ3n) is 4.25. The van der Waals surface area contributed by atoms with E-state index in [9.17, 15) is 18.7 Å². The van der Waals surface area contributed by atoms with E-state index in [-0.39, 0.29) is 28.1 Å². The number of para-hydroxylation sites is 1. The Morgan fingerprint density at radius 2 is 1.82 bits per heavy atom. The maximum atomic E-state index is 14.7. The number of aromatic hydroxyl groups is 1. The van der Waals surface area contributed by atoms with E-state index in [4.69, 9.17) is 9.62 Å². The second-order valence-electron chi connectivity index (χ2n) is 5.97. The number of phenolic OH excluding ortho intramolecular Hbond substituents is 1. The minimum absolute atomic E-state index is 0.0101. The molecule has 0 atom stereocenters. The summed E-state index contributed by atoms with van der Waals surface area (Å²) in [5, 5.41) is 18.5. The fraction of sp³-hybridized carbons (Fsp3) is 0. The van der Waals surface area contributed by atoms with Gasteiger partial charge in [-0.2, -0.15) is 0 Å². The van der Waals surface area contributed by atoms with Crippen molar-refractivity contribution in [1.29, 1.82) is 0 Å². The van der Waals surface area contributed by atoms with Crippen molar-refractivity contribution < 1.29 is 28.3 Å². The van der Waals surface area contributed by atoms with Gasteiger partial charge in [0.15, 0.2) is 17.1 Å². The number of phenols is 1. The number of aromatic nitrogens is 1. The van der Waals surface area contributed by atoms with Crippen LogP contribution < -0.4 is 5.48 Å². The minimum atomic E-state index is -0.802. The van der Waals surface area contributed by atoms with Gasteiger partial charge in [-0.3, -0.25) is 10.0 Å². The van der Waals surface area contributed by atoms with Crippen molar-refractivity contribution in [1.82, 2.24) is 10.5 Å². The molecule has 0 spiro atoms. The molecule has 0 fully saturated rings. The van der Waals surface area contributed by atoms with Crippen LogP contribution in [0.25, 0.3) is 33.7 Å². The highest BCUT2D eigenvalue weighted by Gasteiger charge is 2.17. The highest BCUT2D eigenvalue weighted by Crippen LogP contribution is 2.34. The predicted molar refractivity (Wildman–Crippen MR) is 95.7 cm³/mol. The molecule has 0 saturated carbocycles. The molecule has 0 unspecified atom stereocenters. The van der Waals surface area contributed by atoms with E-state index in [0.29, 0.717) is 11.1 Å². The predicted octanol–water partition coefficient (Wildman–Crippen LogP) is 4.26. The average molecular weight is 382 g/mol. The summed E-state index contributed by atoms with van der Waals surface area (Å²) in [4.78, 5) is 15.7. The molecule has 0 saturated heterocycles. The van der Waals surface area contributed by atoms with E-state index < -0.39 is 23.3 Å². The van der Waals surface area contributed by atoms with Crippen LogP contribution in [0.5, 0.6) is 5.75 Å². The minimum Gasteiger partial charge on any atom is -0.504 e. The normalized spacial score (nSPS) is 11.0. The van der Waals surface area contributed by atoms with Crippen molar-refractivity contribution >= 4 is 17.0 Å². The molecule has 3 aromatic carbocycles. The highest BCUT2D eigenvalue weighted by molar-refractivity contribution is 5.96. The molecule has 6 nitrogen and oxygen atoms in total. The number of nitrogens with zero attached hydrogens (tertiary/aromatic N) is 1. The number of benzene rings is 3. The van der Waals surface area contributed by atoms with Crippen LogP contribution in [0.3, 0.4) is 0 Å². The molecule has 0 bridgehead atoms. The lowest BCUT2D eigenvalue weighted by atomic mass is 10.0. The van der Waals surface area contributed by atoms with E-state index in [2.05, 4.69) is 4.98 Å². The van der Waals surface area contributed by atoms with Crippen LogP contribution in [0.15, 0.2) is 59.0 Å². The van der Waals surface area contributed by atoms with E-state index in [1.165, 1.54) is 47.9 Å². The zero-order valence-electron chi connectivity index (χ0n) is 14.1. The van der Waals surface area contributed by atoms with Crippen LogP contribution in [-0.4, -0.2) is 21.2 Å². The molecule has 1 aromatic heterocycles.